The molecule has 0 aromatic carbocycles. The highest BCUT2D eigenvalue weighted by atomic mass is 79.9. The van der Waals surface area contributed by atoms with Gasteiger partial charge in [0.2, 0.25) is 0 Å². The van der Waals surface area contributed by atoms with Gasteiger partial charge in [-0.1, -0.05) is 0 Å². The fourth-order valence-corrected chi connectivity index (χ4v) is 2.14. The van der Waals surface area contributed by atoms with Crippen LogP contribution in [0, 0.1) is 10.1 Å². The highest BCUT2D eigenvalue weighted by molar-refractivity contribution is 9.10. The number of nitrogens with one attached hydrogen (secondary N) is 1. The average Bonchev–Trinajstić information content (AvgIpc) is 2.91. The van der Waals surface area contributed by atoms with Crippen LogP contribution >= 0.6 is 15.9 Å². The second-order valence-corrected chi connectivity index (χ2v) is 5.77. The van der Waals surface area contributed by atoms with E-state index in [1.807, 2.05) is 10.8 Å². The molecule has 0 saturated heterocycles. The van der Waals surface area contributed by atoms with Gasteiger partial charge in [0.25, 0.3) is 5.69 Å². The number of pyridine rings is 1. The van der Waals surface area contributed by atoms with Gasteiger partial charge in [0.15, 0.2) is 0 Å². The zero-order valence-corrected chi connectivity index (χ0v) is 12.7. The summed E-state index contributed by atoms with van der Waals surface area (Å²) in [6, 6.07) is 1.43. The van der Waals surface area contributed by atoms with Gasteiger partial charge in [-0.2, -0.15) is 0 Å². The van der Waals surface area contributed by atoms with Crippen LogP contribution in [-0.4, -0.2) is 26.0 Å². The average molecular weight is 340 g/mol. The highest BCUT2D eigenvalue weighted by Gasteiger charge is 2.20. The summed E-state index contributed by atoms with van der Waals surface area (Å²) < 4.78 is 2.55. The minimum Gasteiger partial charge on any atom is -0.367 e. The highest BCUT2D eigenvalue weighted by Crippen LogP contribution is 2.25. The molecule has 7 nitrogen and oxygen atoms in total. The van der Waals surface area contributed by atoms with Crippen molar-refractivity contribution < 1.29 is 4.92 Å². The summed E-state index contributed by atoms with van der Waals surface area (Å²) in [5.41, 5.74) is -0.240. The molecular formula is C12H14BrN5O2. The summed E-state index contributed by atoms with van der Waals surface area (Å²) in [6.45, 7) is 4.72. The largest absolute Gasteiger partial charge is 0.367 e. The Morgan fingerprint density at radius 1 is 1.55 bits per heavy atom. The van der Waals surface area contributed by atoms with E-state index in [2.05, 4.69) is 45.1 Å². The first-order valence-electron chi connectivity index (χ1n) is 5.92. The topological polar surface area (TPSA) is 85.9 Å². The van der Waals surface area contributed by atoms with E-state index >= 15 is 0 Å². The van der Waals surface area contributed by atoms with Crippen molar-refractivity contribution in [3.8, 4) is 0 Å². The molecule has 0 spiro atoms. The van der Waals surface area contributed by atoms with Gasteiger partial charge in [-0.25, -0.2) is 9.97 Å². The Kier molecular flexibility index (Phi) is 4.03. The van der Waals surface area contributed by atoms with Crippen LogP contribution in [0.4, 0.5) is 11.5 Å². The van der Waals surface area contributed by atoms with Gasteiger partial charge in [-0.3, -0.25) is 10.1 Å². The van der Waals surface area contributed by atoms with E-state index < -0.39 is 4.92 Å². The molecule has 20 heavy (non-hydrogen) atoms. The first-order chi connectivity index (χ1) is 9.40. The van der Waals surface area contributed by atoms with E-state index in [1.165, 1.54) is 12.3 Å². The van der Waals surface area contributed by atoms with Crippen LogP contribution in [0.1, 0.15) is 13.8 Å². The summed E-state index contributed by atoms with van der Waals surface area (Å²) in [7, 11) is 0. The molecule has 2 rings (SSSR count). The molecule has 0 aliphatic carbocycles. The standard InChI is InChI=1S/C12H14BrN5O2/c1-12(2,17-4-3-14-8-17)7-16-11-10(13)5-9(6-15-11)18(19)20/h3-6,8H,7H2,1-2H3,(H,15,16). The molecule has 0 saturated carbocycles. The zero-order chi connectivity index (χ0) is 14.8. The first-order valence-corrected chi connectivity index (χ1v) is 6.72. The van der Waals surface area contributed by atoms with Crippen LogP contribution < -0.4 is 5.32 Å². The molecule has 2 aromatic heterocycles. The maximum absolute atomic E-state index is 10.7. The maximum atomic E-state index is 10.7. The van der Waals surface area contributed by atoms with Gasteiger partial charge >= 0.3 is 0 Å². The van der Waals surface area contributed by atoms with Crippen molar-refractivity contribution in [1.29, 1.82) is 0 Å². The molecule has 1 N–H and O–H groups in total. The summed E-state index contributed by atoms with van der Waals surface area (Å²) >= 11 is 3.28. The van der Waals surface area contributed by atoms with Crippen molar-refractivity contribution in [3.63, 3.8) is 0 Å². The Hall–Kier alpha value is -1.96. The summed E-state index contributed by atoms with van der Waals surface area (Å²) in [6.07, 6.45) is 6.60. The first kappa shape index (κ1) is 14.4. The number of nitrogens with zero attached hydrogens (tertiary/aromatic N) is 4. The van der Waals surface area contributed by atoms with Gasteiger partial charge in [0.05, 0.1) is 21.3 Å². The monoisotopic (exact) mass is 339 g/mol. The molecular weight excluding hydrogens is 326 g/mol. The number of hydrogen-bond acceptors (Lipinski definition) is 5. The molecule has 0 aliphatic rings. The molecule has 0 aliphatic heterocycles. The minimum absolute atomic E-state index is 0.0451. The molecule has 0 bridgehead atoms. The summed E-state index contributed by atoms with van der Waals surface area (Å²) in [5.74, 6) is 0.573. The lowest BCUT2D eigenvalue weighted by Gasteiger charge is -2.27. The third kappa shape index (κ3) is 3.13. The predicted molar refractivity (Wildman–Crippen MR) is 78.6 cm³/mol. The molecule has 2 heterocycles. The van der Waals surface area contributed by atoms with E-state index in [-0.39, 0.29) is 11.2 Å². The van der Waals surface area contributed by atoms with Crippen molar-refractivity contribution >= 4 is 27.4 Å². The zero-order valence-electron chi connectivity index (χ0n) is 11.1. The van der Waals surface area contributed by atoms with E-state index in [9.17, 15) is 10.1 Å². The second kappa shape index (κ2) is 5.58. The molecule has 2 aromatic rings. The Balaban J connectivity index is 2.10. The van der Waals surface area contributed by atoms with E-state index in [0.29, 0.717) is 16.8 Å². The Morgan fingerprint density at radius 2 is 2.30 bits per heavy atom. The van der Waals surface area contributed by atoms with Crippen LogP contribution in [-0.2, 0) is 5.54 Å². The van der Waals surface area contributed by atoms with Crippen LogP contribution in [0.25, 0.3) is 0 Å². The molecule has 8 heteroatoms. The fraction of sp³-hybridized carbons (Fsp3) is 0.333. The lowest BCUT2D eigenvalue weighted by atomic mass is 10.1. The molecule has 0 atom stereocenters. The number of aromatic nitrogens is 3. The van der Waals surface area contributed by atoms with Gasteiger partial charge in [-0.05, 0) is 29.8 Å². The number of halogens is 1. The third-order valence-corrected chi connectivity index (χ3v) is 3.53. The van der Waals surface area contributed by atoms with Crippen molar-refractivity contribution in [3.05, 3.63) is 45.6 Å². The number of imidazole rings is 1. The Morgan fingerprint density at radius 3 is 2.85 bits per heavy atom. The van der Waals surface area contributed by atoms with Crippen molar-refractivity contribution in [2.45, 2.75) is 19.4 Å². The fourth-order valence-electron chi connectivity index (χ4n) is 1.67. The Labute approximate surface area is 124 Å². The van der Waals surface area contributed by atoms with E-state index in [0.717, 1.165) is 0 Å². The molecule has 106 valence electrons. The number of rotatable bonds is 5. The number of anilines is 1. The quantitative estimate of drug-likeness (QED) is 0.668. The smallest absolute Gasteiger partial charge is 0.288 e. The molecule has 0 radical (unpaired) electrons. The SMILES string of the molecule is CC(C)(CNc1ncc([N+](=O)[O-])cc1Br)n1ccnc1. The van der Waals surface area contributed by atoms with Crippen LogP contribution in [0.5, 0.6) is 0 Å². The minimum atomic E-state index is -0.475. The third-order valence-electron chi connectivity index (χ3n) is 2.93. The predicted octanol–water partition coefficient (Wildman–Crippen LogP) is 2.80. The molecule has 0 fully saturated rings. The van der Waals surface area contributed by atoms with E-state index in [4.69, 9.17) is 0 Å². The van der Waals surface area contributed by atoms with Crippen molar-refractivity contribution in [2.75, 3.05) is 11.9 Å². The van der Waals surface area contributed by atoms with Crippen LogP contribution in [0.15, 0.2) is 35.5 Å². The van der Waals surface area contributed by atoms with Crippen LogP contribution in [0.2, 0.25) is 0 Å². The Bertz CT molecular complexity index is 612. The van der Waals surface area contributed by atoms with Crippen molar-refractivity contribution in [1.82, 2.24) is 14.5 Å². The second-order valence-electron chi connectivity index (χ2n) is 4.92. The van der Waals surface area contributed by atoms with Gasteiger partial charge < -0.3 is 9.88 Å². The molecule has 0 unspecified atom stereocenters. The van der Waals surface area contributed by atoms with Gasteiger partial charge in [-0.15, -0.1) is 0 Å². The lowest BCUT2D eigenvalue weighted by Crippen LogP contribution is -2.33. The summed E-state index contributed by atoms with van der Waals surface area (Å²) in [4.78, 5) is 18.3. The lowest BCUT2D eigenvalue weighted by molar-refractivity contribution is -0.385. The maximum Gasteiger partial charge on any atom is 0.288 e. The van der Waals surface area contributed by atoms with Crippen LogP contribution in [0.3, 0.4) is 0 Å². The van der Waals surface area contributed by atoms with Crippen molar-refractivity contribution in [2.24, 2.45) is 0 Å². The number of hydrogen-bond donors (Lipinski definition) is 1. The van der Waals surface area contributed by atoms with Gasteiger partial charge in [0, 0.05) is 25.0 Å². The number of nitro groups is 1. The van der Waals surface area contributed by atoms with Gasteiger partial charge in [0.1, 0.15) is 12.0 Å². The van der Waals surface area contributed by atoms with E-state index in [1.54, 1.807) is 12.5 Å². The normalized spacial score (nSPS) is 11.3. The summed E-state index contributed by atoms with van der Waals surface area (Å²) in [5, 5.41) is 13.8. The molecule has 0 amide bonds.